The summed E-state index contributed by atoms with van der Waals surface area (Å²) in [6.45, 7) is 4.82. The third kappa shape index (κ3) is 3.56. The summed E-state index contributed by atoms with van der Waals surface area (Å²) in [6.07, 6.45) is -0.153. The number of amides is 3. The molecule has 0 aromatic heterocycles. The second-order valence-corrected chi connectivity index (χ2v) is 7.48. The van der Waals surface area contributed by atoms with Gasteiger partial charge in [-0.2, -0.15) is 0 Å². The largest absolute Gasteiger partial charge is 0.497 e. The first-order valence-corrected chi connectivity index (χ1v) is 9.15. The monoisotopic (exact) mass is 374 g/mol. The minimum atomic E-state index is -1.17. The molecule has 2 heterocycles. The highest BCUT2D eigenvalue weighted by Gasteiger charge is 2.53. The molecule has 0 spiro atoms. The molecule has 1 aromatic rings. The Morgan fingerprint density at radius 2 is 1.78 bits per heavy atom. The topological polar surface area (TPSA) is 76.2 Å². The van der Waals surface area contributed by atoms with Crippen LogP contribution in [-0.4, -0.2) is 67.0 Å². The number of methoxy groups -OCH3 is 1. The number of morpholine rings is 1. The summed E-state index contributed by atoms with van der Waals surface area (Å²) >= 11 is 0. The molecule has 0 bridgehead atoms. The molecule has 3 amide bonds. The fourth-order valence-electron chi connectivity index (χ4n) is 4.01. The number of rotatable bonds is 4. The summed E-state index contributed by atoms with van der Waals surface area (Å²) in [7, 11) is 3.03. The molecular weight excluding hydrogens is 348 g/mol. The first kappa shape index (κ1) is 19.4. The van der Waals surface area contributed by atoms with Crippen molar-refractivity contribution in [1.82, 2.24) is 9.80 Å². The Kier molecular flexibility index (Phi) is 5.24. The van der Waals surface area contributed by atoms with Crippen LogP contribution in [0.4, 0.5) is 0 Å². The number of hydrogen-bond donors (Lipinski definition) is 0. The van der Waals surface area contributed by atoms with Crippen molar-refractivity contribution in [1.29, 1.82) is 0 Å². The Hall–Kier alpha value is -2.41. The van der Waals surface area contributed by atoms with Gasteiger partial charge in [0.1, 0.15) is 5.75 Å². The Labute approximate surface area is 159 Å². The summed E-state index contributed by atoms with van der Waals surface area (Å²) in [5, 5.41) is 0. The van der Waals surface area contributed by atoms with Gasteiger partial charge in [0.05, 0.1) is 24.7 Å². The molecule has 27 heavy (non-hydrogen) atoms. The normalized spacial score (nSPS) is 28.6. The number of hydrogen-bond acceptors (Lipinski definition) is 5. The van der Waals surface area contributed by atoms with E-state index in [9.17, 15) is 14.4 Å². The standard InChI is InChI=1S/C20H26N2O5/c1-13-11-22(12-14(2)27-13)18(24)10-20(9-17(23)21(3)19(20)25)15-5-7-16(26-4)8-6-15/h5-8,13-14H,9-12H2,1-4H3/t13-,14+,20?. The van der Waals surface area contributed by atoms with Crippen LogP contribution in [0.2, 0.25) is 0 Å². The number of carbonyl (C=O) groups is 3. The Morgan fingerprint density at radius 3 is 2.26 bits per heavy atom. The van der Waals surface area contributed by atoms with Crippen molar-refractivity contribution in [2.24, 2.45) is 0 Å². The lowest BCUT2D eigenvalue weighted by Gasteiger charge is -2.37. The second kappa shape index (κ2) is 7.31. The number of likely N-dealkylation sites (tertiary alicyclic amines) is 1. The molecule has 2 aliphatic rings. The van der Waals surface area contributed by atoms with E-state index >= 15 is 0 Å². The van der Waals surface area contributed by atoms with Crippen molar-refractivity contribution in [3.05, 3.63) is 29.8 Å². The summed E-state index contributed by atoms with van der Waals surface area (Å²) in [6, 6.07) is 7.02. The quantitative estimate of drug-likeness (QED) is 0.744. The summed E-state index contributed by atoms with van der Waals surface area (Å²) in [5.41, 5.74) is -0.506. The third-order valence-corrected chi connectivity index (χ3v) is 5.41. The van der Waals surface area contributed by atoms with E-state index in [4.69, 9.17) is 9.47 Å². The van der Waals surface area contributed by atoms with Crippen molar-refractivity contribution in [2.75, 3.05) is 27.2 Å². The van der Waals surface area contributed by atoms with Gasteiger partial charge in [-0.05, 0) is 31.5 Å². The summed E-state index contributed by atoms with van der Waals surface area (Å²) < 4.78 is 10.9. The predicted octanol–water partition coefficient (Wildman–Crippen LogP) is 1.35. The Morgan fingerprint density at radius 1 is 1.19 bits per heavy atom. The highest BCUT2D eigenvalue weighted by molar-refractivity contribution is 6.10. The molecule has 1 unspecified atom stereocenters. The van der Waals surface area contributed by atoms with Gasteiger partial charge in [0.25, 0.3) is 0 Å². The molecule has 7 nitrogen and oxygen atoms in total. The van der Waals surface area contributed by atoms with E-state index in [0.29, 0.717) is 24.4 Å². The average Bonchev–Trinajstić information content (AvgIpc) is 2.85. The van der Waals surface area contributed by atoms with E-state index in [0.717, 1.165) is 4.90 Å². The van der Waals surface area contributed by atoms with Crippen LogP contribution >= 0.6 is 0 Å². The fourth-order valence-corrected chi connectivity index (χ4v) is 4.01. The highest BCUT2D eigenvalue weighted by atomic mass is 16.5. The van der Waals surface area contributed by atoms with Crippen molar-refractivity contribution < 1.29 is 23.9 Å². The van der Waals surface area contributed by atoms with E-state index in [1.807, 2.05) is 13.8 Å². The molecule has 2 aliphatic heterocycles. The van der Waals surface area contributed by atoms with Crippen LogP contribution in [0.3, 0.4) is 0 Å². The molecule has 146 valence electrons. The van der Waals surface area contributed by atoms with Crippen LogP contribution in [0.25, 0.3) is 0 Å². The van der Waals surface area contributed by atoms with Crippen molar-refractivity contribution in [2.45, 2.75) is 44.3 Å². The molecule has 0 saturated carbocycles. The highest BCUT2D eigenvalue weighted by Crippen LogP contribution is 2.40. The first-order chi connectivity index (χ1) is 12.8. The number of ether oxygens (including phenoxy) is 2. The molecule has 3 rings (SSSR count). The zero-order chi connectivity index (χ0) is 19.8. The number of benzene rings is 1. The SMILES string of the molecule is COc1ccc(C2(CC(=O)N3C[C@@H](C)O[C@@H](C)C3)CC(=O)N(C)C2=O)cc1. The van der Waals surface area contributed by atoms with Crippen LogP contribution in [0.15, 0.2) is 24.3 Å². The van der Waals surface area contributed by atoms with Crippen molar-refractivity contribution >= 4 is 17.7 Å². The number of likely N-dealkylation sites (N-methyl/N-ethyl adjacent to an activating group) is 1. The lowest BCUT2D eigenvalue weighted by atomic mass is 9.75. The lowest BCUT2D eigenvalue weighted by Crippen LogP contribution is -2.50. The van der Waals surface area contributed by atoms with Gasteiger partial charge in [-0.25, -0.2) is 0 Å². The maximum atomic E-state index is 13.1. The van der Waals surface area contributed by atoms with Crippen LogP contribution < -0.4 is 4.74 Å². The smallest absolute Gasteiger partial charge is 0.240 e. The van der Waals surface area contributed by atoms with Gasteiger partial charge in [-0.15, -0.1) is 0 Å². The lowest BCUT2D eigenvalue weighted by molar-refractivity contribution is -0.147. The first-order valence-electron chi connectivity index (χ1n) is 9.15. The Bertz CT molecular complexity index is 737. The average molecular weight is 374 g/mol. The molecule has 0 N–H and O–H groups in total. The fraction of sp³-hybridized carbons (Fsp3) is 0.550. The van der Waals surface area contributed by atoms with E-state index in [-0.39, 0.29) is 42.8 Å². The molecule has 0 radical (unpaired) electrons. The minimum absolute atomic E-state index is 0.00412. The molecule has 3 atom stereocenters. The van der Waals surface area contributed by atoms with E-state index < -0.39 is 5.41 Å². The van der Waals surface area contributed by atoms with Gasteiger partial charge in [-0.3, -0.25) is 19.3 Å². The van der Waals surface area contributed by atoms with Crippen LogP contribution in [0.5, 0.6) is 5.75 Å². The van der Waals surface area contributed by atoms with Gasteiger partial charge < -0.3 is 14.4 Å². The van der Waals surface area contributed by atoms with Gasteiger partial charge >= 0.3 is 0 Å². The maximum absolute atomic E-state index is 13.1. The number of nitrogens with zero attached hydrogens (tertiary/aromatic N) is 2. The van der Waals surface area contributed by atoms with Gasteiger partial charge in [0.15, 0.2) is 0 Å². The van der Waals surface area contributed by atoms with Crippen LogP contribution in [0.1, 0.15) is 32.3 Å². The zero-order valence-electron chi connectivity index (χ0n) is 16.2. The minimum Gasteiger partial charge on any atom is -0.497 e. The molecule has 2 saturated heterocycles. The van der Waals surface area contributed by atoms with Gasteiger partial charge in [0, 0.05) is 33.0 Å². The summed E-state index contributed by atoms with van der Waals surface area (Å²) in [5.74, 6) is -0.0850. The van der Waals surface area contributed by atoms with Crippen LogP contribution in [-0.2, 0) is 24.5 Å². The second-order valence-electron chi connectivity index (χ2n) is 7.48. The van der Waals surface area contributed by atoms with Gasteiger partial charge in [0.2, 0.25) is 17.7 Å². The van der Waals surface area contributed by atoms with Gasteiger partial charge in [-0.1, -0.05) is 12.1 Å². The summed E-state index contributed by atoms with van der Waals surface area (Å²) in [4.78, 5) is 41.2. The van der Waals surface area contributed by atoms with E-state index in [1.54, 1.807) is 36.3 Å². The van der Waals surface area contributed by atoms with E-state index in [2.05, 4.69) is 0 Å². The number of imide groups is 1. The zero-order valence-corrected chi connectivity index (χ0v) is 16.2. The molecule has 2 fully saturated rings. The molecule has 1 aromatic carbocycles. The predicted molar refractivity (Wildman–Crippen MR) is 98.3 cm³/mol. The van der Waals surface area contributed by atoms with Crippen molar-refractivity contribution in [3.63, 3.8) is 0 Å². The Balaban J connectivity index is 1.92. The van der Waals surface area contributed by atoms with E-state index in [1.165, 1.54) is 7.05 Å². The molecule has 7 heteroatoms. The number of carbonyl (C=O) groups excluding carboxylic acids is 3. The third-order valence-electron chi connectivity index (χ3n) is 5.41. The maximum Gasteiger partial charge on any atom is 0.240 e. The van der Waals surface area contributed by atoms with Crippen LogP contribution in [0, 0.1) is 0 Å². The molecular formula is C20H26N2O5. The molecule has 0 aliphatic carbocycles. The van der Waals surface area contributed by atoms with Crippen molar-refractivity contribution in [3.8, 4) is 5.75 Å².